The van der Waals surface area contributed by atoms with Crippen molar-refractivity contribution in [3.05, 3.63) is 58.9 Å². The van der Waals surface area contributed by atoms with Gasteiger partial charge in [0.2, 0.25) is 0 Å². The van der Waals surface area contributed by atoms with Crippen molar-refractivity contribution in [1.29, 1.82) is 0 Å². The monoisotopic (exact) mass is 380 g/mol. The van der Waals surface area contributed by atoms with Crippen molar-refractivity contribution >= 4 is 11.9 Å². The minimum atomic E-state index is -0.326. The van der Waals surface area contributed by atoms with Crippen molar-refractivity contribution in [3.8, 4) is 22.5 Å². The number of rotatable bonds is 6. The Hall–Kier alpha value is -3.28. The first kappa shape index (κ1) is 19.5. The Morgan fingerprint density at radius 1 is 0.750 bits per heavy atom. The second kappa shape index (κ2) is 8.17. The molecule has 0 aliphatic rings. The quantitative estimate of drug-likeness (QED) is 0.610. The zero-order valence-electron chi connectivity index (χ0n) is 16.5. The molecule has 3 rings (SSSR count). The molecule has 1 aromatic carbocycles. The minimum Gasteiger partial charge on any atom is -0.462 e. The van der Waals surface area contributed by atoms with Crippen molar-refractivity contribution in [1.82, 2.24) is 9.97 Å². The Balaban J connectivity index is 1.85. The van der Waals surface area contributed by atoms with Gasteiger partial charge in [-0.2, -0.15) is 0 Å². The molecule has 0 unspecified atom stereocenters. The number of carbonyl (C=O) groups excluding carboxylic acids is 2. The van der Waals surface area contributed by atoms with Gasteiger partial charge in [0.15, 0.2) is 0 Å². The highest BCUT2D eigenvalue weighted by atomic mass is 16.5. The lowest BCUT2D eigenvalue weighted by Gasteiger charge is -2.02. The van der Waals surface area contributed by atoms with Crippen molar-refractivity contribution in [2.75, 3.05) is 13.2 Å². The van der Waals surface area contributed by atoms with Gasteiger partial charge in [-0.15, -0.1) is 0 Å². The second-order valence-corrected chi connectivity index (χ2v) is 6.46. The number of benzene rings is 1. The summed E-state index contributed by atoms with van der Waals surface area (Å²) in [7, 11) is 0. The first-order valence-corrected chi connectivity index (χ1v) is 9.28. The highest BCUT2D eigenvalue weighted by Gasteiger charge is 2.16. The summed E-state index contributed by atoms with van der Waals surface area (Å²) in [6.07, 6.45) is 0. The summed E-state index contributed by atoms with van der Waals surface area (Å²) < 4.78 is 10.2. The Labute approximate surface area is 163 Å². The Bertz CT molecular complexity index is 915. The lowest BCUT2D eigenvalue weighted by molar-refractivity contribution is 0.0516. The Kier molecular flexibility index (Phi) is 5.68. The molecule has 0 atom stereocenters. The summed E-state index contributed by atoms with van der Waals surface area (Å²) in [4.78, 5) is 30.5. The molecule has 0 amide bonds. The van der Waals surface area contributed by atoms with E-state index >= 15 is 0 Å². The molecule has 2 heterocycles. The molecule has 2 N–H and O–H groups in total. The molecule has 6 heteroatoms. The zero-order valence-corrected chi connectivity index (χ0v) is 16.5. The molecule has 0 aliphatic heterocycles. The van der Waals surface area contributed by atoms with E-state index in [1.165, 1.54) is 0 Å². The van der Waals surface area contributed by atoms with Crippen LogP contribution < -0.4 is 0 Å². The Morgan fingerprint density at radius 3 is 1.43 bits per heavy atom. The molecule has 0 spiro atoms. The molecular weight excluding hydrogens is 356 g/mol. The van der Waals surface area contributed by atoms with Crippen LogP contribution in [0.25, 0.3) is 22.5 Å². The van der Waals surface area contributed by atoms with Gasteiger partial charge >= 0.3 is 11.9 Å². The van der Waals surface area contributed by atoms with E-state index in [-0.39, 0.29) is 11.9 Å². The number of aromatic nitrogens is 2. The minimum absolute atomic E-state index is 0.326. The third kappa shape index (κ3) is 3.86. The predicted octanol–water partition coefficient (Wildman–Crippen LogP) is 4.65. The van der Waals surface area contributed by atoms with E-state index in [0.29, 0.717) is 24.3 Å². The summed E-state index contributed by atoms with van der Waals surface area (Å²) in [5.74, 6) is -0.653. The van der Waals surface area contributed by atoms with Crippen LogP contribution in [0.15, 0.2) is 36.4 Å². The van der Waals surface area contributed by atoms with E-state index in [1.54, 1.807) is 26.0 Å². The van der Waals surface area contributed by atoms with Crippen LogP contribution in [0.5, 0.6) is 0 Å². The van der Waals surface area contributed by atoms with Crippen LogP contribution in [-0.2, 0) is 9.47 Å². The number of aromatic amines is 2. The molecule has 0 saturated heterocycles. The van der Waals surface area contributed by atoms with Crippen LogP contribution in [0.3, 0.4) is 0 Å². The molecule has 0 aliphatic carbocycles. The maximum absolute atomic E-state index is 12.0. The molecule has 2 aromatic heterocycles. The third-order valence-corrected chi connectivity index (χ3v) is 4.53. The lowest BCUT2D eigenvalue weighted by atomic mass is 10.1. The standard InChI is InChI=1S/C22H24N2O4/c1-5-27-21(25)17-11-19(23-13(17)3)15-7-9-16(10-8-15)20-12-18(14(4)24-20)22(26)28-6-2/h7-12,23-24H,5-6H2,1-4H3. The van der Waals surface area contributed by atoms with Crippen molar-refractivity contribution in [2.24, 2.45) is 0 Å². The maximum Gasteiger partial charge on any atom is 0.339 e. The number of aryl methyl sites for hydroxylation is 2. The van der Waals surface area contributed by atoms with Crippen LogP contribution in [0.2, 0.25) is 0 Å². The van der Waals surface area contributed by atoms with Crippen LogP contribution in [0, 0.1) is 13.8 Å². The van der Waals surface area contributed by atoms with Crippen molar-refractivity contribution in [3.63, 3.8) is 0 Å². The zero-order chi connectivity index (χ0) is 20.3. The largest absolute Gasteiger partial charge is 0.462 e. The summed E-state index contributed by atoms with van der Waals surface area (Å²) in [6, 6.07) is 11.5. The number of esters is 2. The number of hydrogen-bond acceptors (Lipinski definition) is 4. The van der Waals surface area contributed by atoms with E-state index in [0.717, 1.165) is 33.9 Å². The Morgan fingerprint density at radius 2 is 1.11 bits per heavy atom. The molecule has 28 heavy (non-hydrogen) atoms. The second-order valence-electron chi connectivity index (χ2n) is 6.46. The number of nitrogens with one attached hydrogen (secondary N) is 2. The number of H-pyrrole nitrogens is 2. The average Bonchev–Trinajstić information content (AvgIpc) is 3.25. The normalized spacial score (nSPS) is 10.7. The molecule has 0 radical (unpaired) electrons. The molecule has 0 fully saturated rings. The van der Waals surface area contributed by atoms with Gasteiger partial charge in [-0.25, -0.2) is 9.59 Å². The molecule has 0 bridgehead atoms. The van der Waals surface area contributed by atoms with Gasteiger partial charge in [0, 0.05) is 22.8 Å². The van der Waals surface area contributed by atoms with E-state index in [2.05, 4.69) is 9.97 Å². The molecule has 6 nitrogen and oxygen atoms in total. The van der Waals surface area contributed by atoms with E-state index in [4.69, 9.17) is 9.47 Å². The SMILES string of the molecule is CCOC(=O)c1cc(-c2ccc(-c3cc(C(=O)OCC)c(C)[nH]3)cc2)[nH]c1C. The number of ether oxygens (including phenoxy) is 2. The molecule has 0 saturated carbocycles. The molecule has 3 aromatic rings. The van der Waals surface area contributed by atoms with E-state index < -0.39 is 0 Å². The highest BCUT2D eigenvalue weighted by molar-refractivity contribution is 5.93. The predicted molar refractivity (Wildman–Crippen MR) is 107 cm³/mol. The van der Waals surface area contributed by atoms with Gasteiger partial charge in [-0.05, 0) is 51.0 Å². The van der Waals surface area contributed by atoms with E-state index in [9.17, 15) is 9.59 Å². The fourth-order valence-corrected chi connectivity index (χ4v) is 3.10. The van der Waals surface area contributed by atoms with Crippen molar-refractivity contribution in [2.45, 2.75) is 27.7 Å². The summed E-state index contributed by atoms with van der Waals surface area (Å²) >= 11 is 0. The summed E-state index contributed by atoms with van der Waals surface area (Å²) in [5, 5.41) is 0. The maximum atomic E-state index is 12.0. The number of hydrogen-bond donors (Lipinski definition) is 2. The third-order valence-electron chi connectivity index (χ3n) is 4.53. The smallest absolute Gasteiger partial charge is 0.339 e. The van der Waals surface area contributed by atoms with Gasteiger partial charge in [0.1, 0.15) is 0 Å². The number of carbonyl (C=O) groups is 2. The van der Waals surface area contributed by atoms with Gasteiger partial charge in [-0.1, -0.05) is 24.3 Å². The fraction of sp³-hybridized carbons (Fsp3) is 0.273. The van der Waals surface area contributed by atoms with Crippen LogP contribution >= 0.6 is 0 Å². The molecular formula is C22H24N2O4. The van der Waals surface area contributed by atoms with E-state index in [1.807, 2.05) is 38.1 Å². The van der Waals surface area contributed by atoms with Gasteiger partial charge < -0.3 is 19.4 Å². The van der Waals surface area contributed by atoms with Gasteiger partial charge in [0.25, 0.3) is 0 Å². The van der Waals surface area contributed by atoms with Crippen LogP contribution in [0.4, 0.5) is 0 Å². The summed E-state index contributed by atoms with van der Waals surface area (Å²) in [5.41, 5.74) is 6.24. The van der Waals surface area contributed by atoms with Crippen LogP contribution in [-0.4, -0.2) is 35.1 Å². The first-order valence-electron chi connectivity index (χ1n) is 9.28. The summed E-state index contributed by atoms with van der Waals surface area (Å²) in [6.45, 7) is 7.96. The average molecular weight is 380 g/mol. The highest BCUT2D eigenvalue weighted by Crippen LogP contribution is 2.27. The van der Waals surface area contributed by atoms with Gasteiger partial charge in [-0.3, -0.25) is 0 Å². The van der Waals surface area contributed by atoms with Crippen molar-refractivity contribution < 1.29 is 19.1 Å². The first-order chi connectivity index (χ1) is 13.4. The molecule has 146 valence electrons. The van der Waals surface area contributed by atoms with Gasteiger partial charge in [0.05, 0.1) is 24.3 Å². The topological polar surface area (TPSA) is 84.2 Å². The fourth-order valence-electron chi connectivity index (χ4n) is 3.10. The van der Waals surface area contributed by atoms with Crippen LogP contribution in [0.1, 0.15) is 46.0 Å². The lowest BCUT2D eigenvalue weighted by Crippen LogP contribution is -2.04.